The summed E-state index contributed by atoms with van der Waals surface area (Å²) < 4.78 is 0. The highest BCUT2D eigenvalue weighted by Gasteiger charge is 2.24. The number of hydrogen-bond donors (Lipinski definition) is 2. The van der Waals surface area contributed by atoms with Crippen LogP contribution in [0.5, 0.6) is 0 Å². The maximum Gasteiger partial charge on any atom is 0.228 e. The van der Waals surface area contributed by atoms with Crippen LogP contribution < -0.4 is 11.1 Å². The lowest BCUT2D eigenvalue weighted by Gasteiger charge is -2.25. The molecule has 0 aliphatic heterocycles. The SMILES string of the molecule is CN(C)Cc1ccccc1NC(=O)C(CN)CC(C)(C)C. The second kappa shape index (κ2) is 7.57. The van der Waals surface area contributed by atoms with Crippen molar-refractivity contribution in [1.82, 2.24) is 4.90 Å². The van der Waals surface area contributed by atoms with Crippen LogP contribution in [0.15, 0.2) is 24.3 Å². The van der Waals surface area contributed by atoms with E-state index in [9.17, 15) is 4.79 Å². The normalized spacial score (nSPS) is 13.3. The highest BCUT2D eigenvalue weighted by atomic mass is 16.1. The van der Waals surface area contributed by atoms with Crippen LogP contribution in [0.1, 0.15) is 32.8 Å². The van der Waals surface area contributed by atoms with E-state index in [1.54, 1.807) is 0 Å². The molecule has 0 saturated carbocycles. The minimum absolute atomic E-state index is 0.0126. The van der Waals surface area contributed by atoms with Gasteiger partial charge in [-0.05, 0) is 37.6 Å². The molecule has 0 bridgehead atoms. The topological polar surface area (TPSA) is 58.4 Å². The third-order valence-electron chi connectivity index (χ3n) is 3.28. The molecule has 0 radical (unpaired) electrons. The van der Waals surface area contributed by atoms with E-state index in [0.717, 1.165) is 24.2 Å². The van der Waals surface area contributed by atoms with Gasteiger partial charge in [-0.3, -0.25) is 4.79 Å². The first kappa shape index (κ1) is 17.7. The lowest BCUT2D eigenvalue weighted by Crippen LogP contribution is -2.32. The van der Waals surface area contributed by atoms with Crippen LogP contribution >= 0.6 is 0 Å². The van der Waals surface area contributed by atoms with Gasteiger partial charge in [0, 0.05) is 18.8 Å². The minimum atomic E-state index is -0.155. The second-order valence-electron chi connectivity index (χ2n) is 7.08. The van der Waals surface area contributed by atoms with Crippen LogP contribution in [-0.4, -0.2) is 31.4 Å². The number of nitrogens with two attached hydrogens (primary N) is 1. The number of benzene rings is 1. The van der Waals surface area contributed by atoms with E-state index in [1.165, 1.54) is 0 Å². The molecule has 4 nitrogen and oxygen atoms in total. The van der Waals surface area contributed by atoms with Crippen molar-refractivity contribution in [3.05, 3.63) is 29.8 Å². The number of nitrogens with zero attached hydrogens (tertiary/aromatic N) is 1. The van der Waals surface area contributed by atoms with Crippen molar-refractivity contribution in [2.45, 2.75) is 33.7 Å². The molecule has 0 aliphatic rings. The maximum atomic E-state index is 12.5. The van der Waals surface area contributed by atoms with Gasteiger partial charge in [-0.2, -0.15) is 0 Å². The summed E-state index contributed by atoms with van der Waals surface area (Å²) in [6.07, 6.45) is 0.783. The lowest BCUT2D eigenvalue weighted by molar-refractivity contribution is -0.120. The predicted octanol–water partition coefficient (Wildman–Crippen LogP) is 2.70. The van der Waals surface area contributed by atoms with E-state index in [-0.39, 0.29) is 17.2 Å². The number of carbonyl (C=O) groups is 1. The van der Waals surface area contributed by atoms with Crippen molar-refractivity contribution in [3.8, 4) is 0 Å². The number of carbonyl (C=O) groups excluding carboxylic acids is 1. The Hall–Kier alpha value is -1.39. The van der Waals surface area contributed by atoms with Crippen LogP contribution in [0.2, 0.25) is 0 Å². The summed E-state index contributed by atoms with van der Waals surface area (Å²) >= 11 is 0. The standard InChI is InChI=1S/C17H29N3O/c1-17(2,3)10-14(11-18)16(21)19-15-9-7-6-8-13(15)12-20(4)5/h6-9,14H,10-12,18H2,1-5H3,(H,19,21). The second-order valence-corrected chi connectivity index (χ2v) is 7.08. The van der Waals surface area contributed by atoms with Crippen molar-refractivity contribution in [1.29, 1.82) is 0 Å². The molecule has 1 unspecified atom stereocenters. The fraction of sp³-hybridized carbons (Fsp3) is 0.588. The molecule has 3 N–H and O–H groups in total. The van der Waals surface area contributed by atoms with Crippen LogP contribution in [-0.2, 0) is 11.3 Å². The largest absolute Gasteiger partial charge is 0.330 e. The summed E-state index contributed by atoms with van der Waals surface area (Å²) in [5, 5.41) is 3.04. The molecule has 0 heterocycles. The molecule has 0 spiro atoms. The molecule has 4 heteroatoms. The predicted molar refractivity (Wildman–Crippen MR) is 89.1 cm³/mol. The Morgan fingerprint density at radius 2 is 1.90 bits per heavy atom. The van der Waals surface area contributed by atoms with Gasteiger partial charge in [-0.15, -0.1) is 0 Å². The van der Waals surface area contributed by atoms with E-state index in [2.05, 4.69) is 31.0 Å². The first-order chi connectivity index (χ1) is 9.73. The molecular formula is C17H29N3O. The van der Waals surface area contributed by atoms with Gasteiger partial charge in [-0.1, -0.05) is 39.0 Å². The van der Waals surface area contributed by atoms with Crippen LogP contribution in [0.4, 0.5) is 5.69 Å². The molecule has 0 aliphatic carbocycles. The molecule has 1 atom stereocenters. The number of para-hydroxylation sites is 1. The molecule has 1 amide bonds. The average molecular weight is 291 g/mol. The number of anilines is 1. The molecule has 0 saturated heterocycles. The van der Waals surface area contributed by atoms with E-state index >= 15 is 0 Å². The van der Waals surface area contributed by atoms with E-state index in [0.29, 0.717) is 6.54 Å². The highest BCUT2D eigenvalue weighted by molar-refractivity contribution is 5.93. The number of nitrogens with one attached hydrogen (secondary N) is 1. The van der Waals surface area contributed by atoms with E-state index in [1.807, 2.05) is 38.4 Å². The summed E-state index contributed by atoms with van der Waals surface area (Å²) in [5.74, 6) is -0.143. The Balaban J connectivity index is 2.82. The zero-order valence-electron chi connectivity index (χ0n) is 13.9. The zero-order valence-corrected chi connectivity index (χ0v) is 13.9. The Morgan fingerprint density at radius 1 is 1.29 bits per heavy atom. The van der Waals surface area contributed by atoms with Crippen LogP contribution in [0.3, 0.4) is 0 Å². The number of amides is 1. The van der Waals surface area contributed by atoms with Crippen molar-refractivity contribution >= 4 is 11.6 Å². The summed E-state index contributed by atoms with van der Waals surface area (Å²) in [7, 11) is 4.03. The molecule has 1 aromatic rings. The quantitative estimate of drug-likeness (QED) is 0.847. The smallest absolute Gasteiger partial charge is 0.228 e. The van der Waals surface area contributed by atoms with Crippen LogP contribution in [0, 0.1) is 11.3 Å². The summed E-state index contributed by atoms with van der Waals surface area (Å²) in [4.78, 5) is 14.5. The third kappa shape index (κ3) is 6.27. The number of rotatable bonds is 6. The highest BCUT2D eigenvalue weighted by Crippen LogP contribution is 2.25. The van der Waals surface area contributed by atoms with Gasteiger partial charge in [0.05, 0.1) is 5.92 Å². The first-order valence-corrected chi connectivity index (χ1v) is 7.46. The van der Waals surface area contributed by atoms with Gasteiger partial charge in [0.25, 0.3) is 0 Å². The summed E-state index contributed by atoms with van der Waals surface area (Å²) in [6, 6.07) is 7.91. The molecule has 0 fully saturated rings. The Bertz CT molecular complexity index is 463. The number of hydrogen-bond acceptors (Lipinski definition) is 3. The van der Waals surface area contributed by atoms with Gasteiger partial charge in [0.15, 0.2) is 0 Å². The van der Waals surface area contributed by atoms with E-state index in [4.69, 9.17) is 5.73 Å². The van der Waals surface area contributed by atoms with Gasteiger partial charge < -0.3 is 16.0 Å². The monoisotopic (exact) mass is 291 g/mol. The summed E-state index contributed by atoms with van der Waals surface area (Å²) in [5.41, 5.74) is 7.86. The van der Waals surface area contributed by atoms with Gasteiger partial charge in [0.2, 0.25) is 5.91 Å². The fourth-order valence-corrected chi connectivity index (χ4v) is 2.38. The van der Waals surface area contributed by atoms with Gasteiger partial charge >= 0.3 is 0 Å². The van der Waals surface area contributed by atoms with Crippen LogP contribution in [0.25, 0.3) is 0 Å². The van der Waals surface area contributed by atoms with Gasteiger partial charge in [0.1, 0.15) is 0 Å². The average Bonchev–Trinajstić information content (AvgIpc) is 2.36. The fourth-order valence-electron chi connectivity index (χ4n) is 2.38. The Morgan fingerprint density at radius 3 is 2.43 bits per heavy atom. The van der Waals surface area contributed by atoms with Crippen molar-refractivity contribution in [3.63, 3.8) is 0 Å². The Labute approximate surface area is 128 Å². The maximum absolute atomic E-state index is 12.5. The summed E-state index contributed by atoms with van der Waals surface area (Å²) in [6.45, 7) is 7.55. The molecule has 1 rings (SSSR count). The Kier molecular flexibility index (Phi) is 6.37. The van der Waals surface area contributed by atoms with Crippen molar-refractivity contribution in [2.75, 3.05) is 26.0 Å². The van der Waals surface area contributed by atoms with E-state index < -0.39 is 0 Å². The first-order valence-electron chi connectivity index (χ1n) is 7.46. The van der Waals surface area contributed by atoms with Gasteiger partial charge in [-0.25, -0.2) is 0 Å². The molecule has 21 heavy (non-hydrogen) atoms. The van der Waals surface area contributed by atoms with Crippen molar-refractivity contribution in [2.24, 2.45) is 17.1 Å². The van der Waals surface area contributed by atoms with Crippen molar-refractivity contribution < 1.29 is 4.79 Å². The molecule has 1 aromatic carbocycles. The molecule has 118 valence electrons. The zero-order chi connectivity index (χ0) is 16.0. The molecular weight excluding hydrogens is 262 g/mol. The lowest BCUT2D eigenvalue weighted by atomic mass is 9.84. The molecule has 0 aromatic heterocycles. The third-order valence-corrected chi connectivity index (χ3v) is 3.28. The minimum Gasteiger partial charge on any atom is -0.330 e.